The Hall–Kier alpha value is -2.23. The maximum absolute atomic E-state index is 12.5. The third-order valence-corrected chi connectivity index (χ3v) is 1.82. The van der Waals surface area contributed by atoms with Crippen molar-refractivity contribution in [3.05, 3.63) is 22.9 Å². The highest BCUT2D eigenvalue weighted by molar-refractivity contribution is 5.95. The number of nitriles is 1. The first-order valence-corrected chi connectivity index (χ1v) is 4.08. The number of carbonyl (C=O) groups excluding carboxylic acids is 1. The van der Waals surface area contributed by atoms with E-state index >= 15 is 0 Å². The number of alkyl halides is 2. The van der Waals surface area contributed by atoms with Gasteiger partial charge in [0.15, 0.2) is 5.69 Å². The molecule has 1 aromatic rings. The Morgan fingerprint density at radius 1 is 1.69 bits per heavy atom. The SMILES string of the molecule is COc1nc(C#N)c(C(N)=O)cc1C(F)F. The number of carbonyl (C=O) groups is 1. The lowest BCUT2D eigenvalue weighted by atomic mass is 10.1. The molecule has 2 N–H and O–H groups in total. The average molecular weight is 227 g/mol. The molecule has 5 nitrogen and oxygen atoms in total. The van der Waals surface area contributed by atoms with Crippen LogP contribution in [-0.4, -0.2) is 18.0 Å². The maximum Gasteiger partial charge on any atom is 0.269 e. The Kier molecular flexibility index (Phi) is 3.35. The maximum atomic E-state index is 12.5. The smallest absolute Gasteiger partial charge is 0.269 e. The van der Waals surface area contributed by atoms with Gasteiger partial charge in [-0.25, -0.2) is 13.8 Å². The van der Waals surface area contributed by atoms with E-state index in [0.29, 0.717) is 0 Å². The van der Waals surface area contributed by atoms with E-state index in [1.807, 2.05) is 0 Å². The van der Waals surface area contributed by atoms with Crippen molar-refractivity contribution >= 4 is 5.91 Å². The van der Waals surface area contributed by atoms with Gasteiger partial charge in [-0.2, -0.15) is 5.26 Å². The van der Waals surface area contributed by atoms with Crippen molar-refractivity contribution < 1.29 is 18.3 Å². The van der Waals surface area contributed by atoms with Crippen LogP contribution in [0.4, 0.5) is 8.78 Å². The summed E-state index contributed by atoms with van der Waals surface area (Å²) in [5.74, 6) is -1.38. The van der Waals surface area contributed by atoms with Gasteiger partial charge in [0.25, 0.3) is 12.3 Å². The third kappa shape index (κ3) is 2.06. The predicted molar refractivity (Wildman–Crippen MR) is 49.0 cm³/mol. The van der Waals surface area contributed by atoms with Crippen LogP contribution in [0.1, 0.15) is 28.0 Å². The lowest BCUT2D eigenvalue weighted by Crippen LogP contribution is -2.15. The van der Waals surface area contributed by atoms with Crippen molar-refractivity contribution in [2.24, 2.45) is 5.73 Å². The molecule has 0 aliphatic heterocycles. The molecule has 0 saturated heterocycles. The summed E-state index contributed by atoms with van der Waals surface area (Å²) in [7, 11) is 1.14. The fourth-order valence-electron chi connectivity index (χ4n) is 1.10. The monoisotopic (exact) mass is 227 g/mol. The fourth-order valence-corrected chi connectivity index (χ4v) is 1.10. The molecule has 84 valence electrons. The molecule has 1 rings (SSSR count). The number of primary amides is 1. The predicted octanol–water partition coefficient (Wildman–Crippen LogP) is 0.998. The van der Waals surface area contributed by atoms with Crippen LogP contribution in [0.25, 0.3) is 0 Å². The van der Waals surface area contributed by atoms with Crippen molar-refractivity contribution in [2.75, 3.05) is 7.11 Å². The Bertz CT molecular complexity index is 469. The second-order valence-corrected chi connectivity index (χ2v) is 2.76. The number of aromatic nitrogens is 1. The van der Waals surface area contributed by atoms with Gasteiger partial charge in [-0.05, 0) is 6.07 Å². The average Bonchev–Trinajstić information content (AvgIpc) is 2.26. The van der Waals surface area contributed by atoms with Crippen molar-refractivity contribution in [3.63, 3.8) is 0 Å². The number of nitrogens with zero attached hydrogens (tertiary/aromatic N) is 2. The van der Waals surface area contributed by atoms with Crippen molar-refractivity contribution in [1.82, 2.24) is 4.98 Å². The van der Waals surface area contributed by atoms with Crippen LogP contribution >= 0.6 is 0 Å². The van der Waals surface area contributed by atoms with Gasteiger partial charge in [0.2, 0.25) is 5.88 Å². The molecule has 0 aliphatic carbocycles. The second-order valence-electron chi connectivity index (χ2n) is 2.76. The lowest BCUT2D eigenvalue weighted by Gasteiger charge is -2.08. The summed E-state index contributed by atoms with van der Waals surface area (Å²) in [5, 5.41) is 8.65. The molecule has 0 aliphatic rings. The van der Waals surface area contributed by atoms with E-state index in [1.165, 1.54) is 0 Å². The fraction of sp³-hybridized carbons (Fsp3) is 0.222. The summed E-state index contributed by atoms with van der Waals surface area (Å²) in [6.07, 6.45) is -2.87. The van der Waals surface area contributed by atoms with Crippen LogP contribution in [0.5, 0.6) is 5.88 Å². The minimum absolute atomic E-state index is 0.339. The van der Waals surface area contributed by atoms with E-state index in [4.69, 9.17) is 11.0 Å². The summed E-state index contributed by atoms with van der Waals surface area (Å²) in [5.41, 5.74) is 3.67. The molecule has 1 heterocycles. The molecule has 0 aromatic carbocycles. The van der Waals surface area contributed by atoms with Crippen LogP contribution in [0.15, 0.2) is 6.07 Å². The van der Waals surface area contributed by atoms with Crippen molar-refractivity contribution in [3.8, 4) is 11.9 Å². The van der Waals surface area contributed by atoms with E-state index in [2.05, 4.69) is 9.72 Å². The summed E-state index contributed by atoms with van der Waals surface area (Å²) < 4.78 is 29.7. The van der Waals surface area contributed by atoms with Gasteiger partial charge in [0.1, 0.15) is 6.07 Å². The zero-order valence-electron chi connectivity index (χ0n) is 8.20. The molecule has 16 heavy (non-hydrogen) atoms. The van der Waals surface area contributed by atoms with E-state index in [1.54, 1.807) is 6.07 Å². The van der Waals surface area contributed by atoms with Crippen LogP contribution in [0, 0.1) is 11.3 Å². The molecule has 0 bridgehead atoms. The summed E-state index contributed by atoms with van der Waals surface area (Å²) in [6.45, 7) is 0. The molecule has 1 amide bonds. The number of rotatable bonds is 3. The molecule has 0 radical (unpaired) electrons. The van der Waals surface area contributed by atoms with E-state index in [0.717, 1.165) is 13.2 Å². The highest BCUT2D eigenvalue weighted by Crippen LogP contribution is 2.28. The molecular formula is C9H7F2N3O2. The number of ether oxygens (including phenoxy) is 1. The van der Waals surface area contributed by atoms with E-state index < -0.39 is 23.8 Å². The molecule has 0 unspecified atom stereocenters. The van der Waals surface area contributed by atoms with Gasteiger partial charge < -0.3 is 10.5 Å². The molecule has 0 atom stereocenters. The highest BCUT2D eigenvalue weighted by atomic mass is 19.3. The second kappa shape index (κ2) is 4.53. The summed E-state index contributed by atoms with van der Waals surface area (Å²) >= 11 is 0. The number of halogens is 2. The van der Waals surface area contributed by atoms with Gasteiger partial charge in [-0.15, -0.1) is 0 Å². The van der Waals surface area contributed by atoms with Gasteiger partial charge >= 0.3 is 0 Å². The quantitative estimate of drug-likeness (QED) is 0.834. The third-order valence-electron chi connectivity index (χ3n) is 1.82. The van der Waals surface area contributed by atoms with E-state index in [-0.39, 0.29) is 11.3 Å². The van der Waals surface area contributed by atoms with Gasteiger partial charge in [-0.3, -0.25) is 4.79 Å². The number of pyridine rings is 1. The van der Waals surface area contributed by atoms with Gasteiger partial charge in [0, 0.05) is 0 Å². The molecule has 1 aromatic heterocycles. The number of methoxy groups -OCH3 is 1. The number of hydrogen-bond donors (Lipinski definition) is 1. The molecule has 0 spiro atoms. The van der Waals surface area contributed by atoms with Crippen LogP contribution in [-0.2, 0) is 0 Å². The first-order chi connectivity index (χ1) is 7.51. The van der Waals surface area contributed by atoms with Crippen LogP contribution in [0.3, 0.4) is 0 Å². The molecule has 7 heteroatoms. The molecule has 0 saturated carbocycles. The largest absolute Gasteiger partial charge is 0.481 e. The first-order valence-electron chi connectivity index (χ1n) is 4.08. The summed E-state index contributed by atoms with van der Waals surface area (Å²) in [6, 6.07) is 2.40. The Morgan fingerprint density at radius 3 is 2.69 bits per heavy atom. The Balaban J connectivity index is 3.48. The highest BCUT2D eigenvalue weighted by Gasteiger charge is 2.21. The standard InChI is InChI=1S/C9H7F2N3O2/c1-16-9-5(7(10)11)2-4(8(13)15)6(3-12)14-9/h2,7H,1H3,(H2,13,15). The molecule has 0 fully saturated rings. The van der Waals surface area contributed by atoms with E-state index in [9.17, 15) is 13.6 Å². The van der Waals surface area contributed by atoms with Crippen LogP contribution in [0.2, 0.25) is 0 Å². The van der Waals surface area contributed by atoms with Crippen molar-refractivity contribution in [2.45, 2.75) is 6.43 Å². The molecular weight excluding hydrogens is 220 g/mol. The first kappa shape index (κ1) is 11.8. The number of amides is 1. The Morgan fingerprint density at radius 2 is 2.31 bits per heavy atom. The minimum atomic E-state index is -2.87. The van der Waals surface area contributed by atoms with Crippen molar-refractivity contribution in [1.29, 1.82) is 5.26 Å². The zero-order valence-corrected chi connectivity index (χ0v) is 8.20. The van der Waals surface area contributed by atoms with Gasteiger partial charge in [0.05, 0.1) is 18.2 Å². The zero-order chi connectivity index (χ0) is 12.3. The Labute approximate surface area is 89.4 Å². The van der Waals surface area contributed by atoms with Crippen LogP contribution < -0.4 is 10.5 Å². The van der Waals surface area contributed by atoms with Gasteiger partial charge in [-0.1, -0.05) is 0 Å². The lowest BCUT2D eigenvalue weighted by molar-refractivity contribution is 0.0999. The number of hydrogen-bond acceptors (Lipinski definition) is 4. The summed E-state index contributed by atoms with van der Waals surface area (Å²) in [4.78, 5) is 14.4. The minimum Gasteiger partial charge on any atom is -0.481 e. The topological polar surface area (TPSA) is 89.0 Å². The normalized spacial score (nSPS) is 9.94. The number of nitrogens with two attached hydrogens (primary N) is 1.